The van der Waals surface area contributed by atoms with Crippen LogP contribution >= 0.6 is 0 Å². The van der Waals surface area contributed by atoms with Crippen molar-refractivity contribution in [3.05, 3.63) is 53.1 Å². The summed E-state index contributed by atoms with van der Waals surface area (Å²) in [6.07, 6.45) is 2.00. The largest absolute Gasteiger partial charge is 0.508 e. The zero-order valence-corrected chi connectivity index (χ0v) is 10.3. The fraction of sp³-hybridized carbons (Fsp3) is 0.176. The van der Waals surface area contributed by atoms with E-state index in [2.05, 4.69) is 30.0 Å². The minimum absolute atomic E-state index is 0.352. The predicted octanol–water partition coefficient (Wildman–Crippen LogP) is 3.53. The second-order valence-corrected chi connectivity index (χ2v) is 4.59. The van der Waals surface area contributed by atoms with Crippen LogP contribution < -0.4 is 0 Å². The van der Waals surface area contributed by atoms with Gasteiger partial charge in [-0.15, -0.1) is 5.92 Å². The molecule has 2 aromatic rings. The van der Waals surface area contributed by atoms with Gasteiger partial charge in [0.2, 0.25) is 0 Å². The smallest absolute Gasteiger partial charge is 0.115 e. The molecule has 0 aliphatic heterocycles. The summed E-state index contributed by atoms with van der Waals surface area (Å²) < 4.78 is 0. The highest BCUT2D eigenvalue weighted by Crippen LogP contribution is 2.35. The van der Waals surface area contributed by atoms with Crippen LogP contribution in [0.3, 0.4) is 0 Å². The third kappa shape index (κ3) is 1.76. The lowest BCUT2D eigenvalue weighted by molar-refractivity contribution is 0.474. The number of hydrogen-bond donors (Lipinski definition) is 1. The fourth-order valence-electron chi connectivity index (χ4n) is 2.60. The zero-order chi connectivity index (χ0) is 12.5. The molecule has 1 N–H and O–H groups in total. The van der Waals surface area contributed by atoms with Gasteiger partial charge in [0.25, 0.3) is 0 Å². The zero-order valence-electron chi connectivity index (χ0n) is 10.3. The van der Waals surface area contributed by atoms with Crippen LogP contribution in [0, 0.1) is 11.8 Å². The molecule has 0 heterocycles. The third-order valence-electron chi connectivity index (χ3n) is 3.42. The van der Waals surface area contributed by atoms with Gasteiger partial charge >= 0.3 is 0 Å². The Hall–Kier alpha value is -2.20. The second kappa shape index (κ2) is 4.23. The second-order valence-electron chi connectivity index (χ2n) is 4.59. The van der Waals surface area contributed by atoms with Gasteiger partial charge in [0, 0.05) is 5.56 Å². The summed E-state index contributed by atoms with van der Waals surface area (Å²) in [5.41, 5.74) is 6.19. The van der Waals surface area contributed by atoms with E-state index >= 15 is 0 Å². The molecule has 0 radical (unpaired) electrons. The molecule has 0 fully saturated rings. The number of benzene rings is 2. The maximum atomic E-state index is 9.53. The number of rotatable bonds is 0. The highest BCUT2D eigenvalue weighted by Gasteiger charge is 2.16. The Kier molecular flexibility index (Phi) is 2.57. The van der Waals surface area contributed by atoms with Gasteiger partial charge in [-0.1, -0.05) is 18.1 Å². The van der Waals surface area contributed by atoms with Crippen molar-refractivity contribution in [2.75, 3.05) is 0 Å². The van der Waals surface area contributed by atoms with Crippen molar-refractivity contribution in [2.24, 2.45) is 0 Å². The summed E-state index contributed by atoms with van der Waals surface area (Å²) in [5.74, 6) is 6.39. The van der Waals surface area contributed by atoms with Crippen molar-refractivity contribution in [2.45, 2.75) is 19.8 Å². The Morgan fingerprint density at radius 3 is 2.33 bits per heavy atom. The first-order valence-electron chi connectivity index (χ1n) is 6.16. The minimum atomic E-state index is 0.352. The van der Waals surface area contributed by atoms with E-state index in [1.54, 1.807) is 6.07 Å². The van der Waals surface area contributed by atoms with Gasteiger partial charge in [-0.2, -0.15) is 0 Å². The molecular formula is C17H14O. The van der Waals surface area contributed by atoms with Crippen molar-refractivity contribution < 1.29 is 5.11 Å². The van der Waals surface area contributed by atoms with Crippen LogP contribution in [0.5, 0.6) is 5.75 Å². The number of phenolic OH excluding ortho intramolecular Hbond substituents is 1. The molecule has 88 valence electrons. The van der Waals surface area contributed by atoms with Crippen molar-refractivity contribution in [1.82, 2.24) is 0 Å². The Bertz CT molecular complexity index is 672. The quantitative estimate of drug-likeness (QED) is 0.691. The van der Waals surface area contributed by atoms with Crippen LogP contribution in [0.25, 0.3) is 11.1 Å². The summed E-state index contributed by atoms with van der Waals surface area (Å²) in [6.45, 7) is 1.86. The molecule has 2 aromatic carbocycles. The Balaban J connectivity index is 2.15. The molecule has 0 amide bonds. The van der Waals surface area contributed by atoms with Gasteiger partial charge in [0.05, 0.1) is 0 Å². The Labute approximate surface area is 107 Å². The average Bonchev–Trinajstić information content (AvgIpc) is 2.38. The molecule has 3 rings (SSSR count). The van der Waals surface area contributed by atoms with Crippen molar-refractivity contribution in [3.8, 4) is 28.7 Å². The van der Waals surface area contributed by atoms with E-state index in [0.29, 0.717) is 5.75 Å². The summed E-state index contributed by atoms with van der Waals surface area (Å²) in [6, 6.07) is 12.0. The van der Waals surface area contributed by atoms with Crippen molar-refractivity contribution in [1.29, 1.82) is 0 Å². The summed E-state index contributed by atoms with van der Waals surface area (Å²) in [7, 11) is 0. The van der Waals surface area contributed by atoms with Crippen LogP contribution in [0.15, 0.2) is 36.4 Å². The van der Waals surface area contributed by atoms with Gasteiger partial charge in [-0.05, 0) is 66.3 Å². The summed E-state index contributed by atoms with van der Waals surface area (Å²) >= 11 is 0. The average molecular weight is 234 g/mol. The molecule has 1 aliphatic carbocycles. The molecule has 0 spiro atoms. The molecule has 1 aliphatic rings. The standard InChI is InChI=1S/C17H14O/c1-2-3-12-4-8-16-13(10-12)5-6-14-11-15(18)7-9-17(14)16/h4,7-11,18H,5-6H2,1H3. The van der Waals surface area contributed by atoms with Crippen molar-refractivity contribution >= 4 is 0 Å². The molecular weight excluding hydrogens is 220 g/mol. The molecule has 0 bridgehead atoms. The van der Waals surface area contributed by atoms with Crippen LogP contribution in [0.2, 0.25) is 0 Å². The first kappa shape index (κ1) is 10.9. The van der Waals surface area contributed by atoms with Crippen LogP contribution in [-0.4, -0.2) is 5.11 Å². The highest BCUT2D eigenvalue weighted by atomic mass is 16.3. The Morgan fingerprint density at radius 2 is 1.61 bits per heavy atom. The molecule has 0 saturated carbocycles. The minimum Gasteiger partial charge on any atom is -0.508 e. The van der Waals surface area contributed by atoms with E-state index in [1.807, 2.05) is 19.1 Å². The number of hydrogen-bond acceptors (Lipinski definition) is 1. The Morgan fingerprint density at radius 1 is 0.944 bits per heavy atom. The number of fused-ring (bicyclic) bond motifs is 3. The molecule has 0 unspecified atom stereocenters. The molecule has 1 nitrogen and oxygen atoms in total. The van der Waals surface area contributed by atoms with E-state index in [1.165, 1.54) is 22.3 Å². The maximum absolute atomic E-state index is 9.53. The number of phenols is 1. The topological polar surface area (TPSA) is 20.2 Å². The van der Waals surface area contributed by atoms with E-state index < -0.39 is 0 Å². The van der Waals surface area contributed by atoms with E-state index in [4.69, 9.17) is 0 Å². The maximum Gasteiger partial charge on any atom is 0.115 e. The van der Waals surface area contributed by atoms with Crippen LogP contribution in [0.4, 0.5) is 0 Å². The van der Waals surface area contributed by atoms with Crippen LogP contribution in [-0.2, 0) is 12.8 Å². The van der Waals surface area contributed by atoms with Gasteiger partial charge in [0.1, 0.15) is 5.75 Å². The molecule has 18 heavy (non-hydrogen) atoms. The first-order chi connectivity index (χ1) is 8.78. The summed E-state index contributed by atoms with van der Waals surface area (Å²) in [4.78, 5) is 0. The van der Waals surface area contributed by atoms with E-state index in [0.717, 1.165) is 18.4 Å². The SMILES string of the molecule is CC#Cc1ccc2c(c1)CCc1cc(O)ccc1-2. The van der Waals surface area contributed by atoms with Crippen LogP contribution in [0.1, 0.15) is 23.6 Å². The lowest BCUT2D eigenvalue weighted by Gasteiger charge is -2.20. The van der Waals surface area contributed by atoms with Gasteiger partial charge in [-0.25, -0.2) is 0 Å². The molecule has 0 atom stereocenters. The first-order valence-corrected chi connectivity index (χ1v) is 6.16. The third-order valence-corrected chi connectivity index (χ3v) is 3.42. The van der Waals surface area contributed by atoms with E-state index in [9.17, 15) is 5.11 Å². The normalized spacial score (nSPS) is 12.1. The highest BCUT2D eigenvalue weighted by molar-refractivity contribution is 5.74. The fourth-order valence-corrected chi connectivity index (χ4v) is 2.60. The lowest BCUT2D eigenvalue weighted by atomic mass is 9.85. The molecule has 0 aromatic heterocycles. The van der Waals surface area contributed by atoms with Gasteiger partial charge in [-0.3, -0.25) is 0 Å². The molecule has 0 saturated heterocycles. The predicted molar refractivity (Wildman–Crippen MR) is 73.5 cm³/mol. The number of aromatic hydroxyl groups is 1. The lowest BCUT2D eigenvalue weighted by Crippen LogP contribution is -2.04. The number of aryl methyl sites for hydroxylation is 2. The van der Waals surface area contributed by atoms with Crippen molar-refractivity contribution in [3.63, 3.8) is 0 Å². The van der Waals surface area contributed by atoms with E-state index in [-0.39, 0.29) is 0 Å². The van der Waals surface area contributed by atoms with Gasteiger partial charge < -0.3 is 5.11 Å². The summed E-state index contributed by atoms with van der Waals surface area (Å²) in [5, 5.41) is 9.53. The molecule has 1 heteroatoms. The van der Waals surface area contributed by atoms with Gasteiger partial charge in [0.15, 0.2) is 0 Å². The monoisotopic (exact) mass is 234 g/mol.